The van der Waals surface area contributed by atoms with Gasteiger partial charge in [0.05, 0.1) is 28.5 Å². The highest BCUT2D eigenvalue weighted by molar-refractivity contribution is 6.39. The topological polar surface area (TPSA) is 77.0 Å². The summed E-state index contributed by atoms with van der Waals surface area (Å²) in [7, 11) is 1.68. The van der Waals surface area contributed by atoms with Gasteiger partial charge in [-0.25, -0.2) is 4.68 Å². The molecule has 6 nitrogen and oxygen atoms in total. The van der Waals surface area contributed by atoms with Gasteiger partial charge in [0.25, 0.3) is 0 Å². The zero-order valence-corrected chi connectivity index (χ0v) is 12.5. The predicted molar refractivity (Wildman–Crippen MR) is 77.9 cm³/mol. The van der Waals surface area contributed by atoms with Crippen molar-refractivity contribution < 1.29 is 4.79 Å². The summed E-state index contributed by atoms with van der Waals surface area (Å²) in [4.78, 5) is 12.7. The van der Waals surface area contributed by atoms with Crippen LogP contribution in [0.5, 0.6) is 0 Å². The van der Waals surface area contributed by atoms with Gasteiger partial charge in [-0.15, -0.1) is 5.10 Å². The molecule has 0 aliphatic carbocycles. The Morgan fingerprint density at radius 3 is 2.80 bits per heavy atom. The number of aromatic nitrogens is 3. The Labute approximate surface area is 126 Å². The number of nitrogens with two attached hydrogens (primary N) is 1. The lowest BCUT2D eigenvalue weighted by Gasteiger charge is -2.11. The molecule has 0 atom stereocenters. The Hall–Kier alpha value is -1.79. The largest absolute Gasteiger partial charge is 0.397 e. The lowest BCUT2D eigenvalue weighted by molar-refractivity contribution is -0.128. The van der Waals surface area contributed by atoms with Crippen LogP contribution in [0.4, 0.5) is 5.69 Å². The minimum absolute atomic E-state index is 0.0560. The molecule has 0 saturated carbocycles. The standard InChI is InChI=1S/C12H13Cl2N5O/c1-7(20)18(2)5-8-6-19(17-16-8)12-9(13)3-4-10(15)11(12)14/h3-4,6H,5,15H2,1-2H3. The van der Waals surface area contributed by atoms with Crippen LogP contribution in [-0.4, -0.2) is 32.8 Å². The minimum atomic E-state index is -0.0560. The van der Waals surface area contributed by atoms with E-state index in [9.17, 15) is 4.79 Å². The van der Waals surface area contributed by atoms with E-state index in [1.165, 1.54) is 16.5 Å². The Bertz CT molecular complexity index is 655. The van der Waals surface area contributed by atoms with Crippen LogP contribution in [0.1, 0.15) is 12.6 Å². The number of hydrogen-bond acceptors (Lipinski definition) is 4. The van der Waals surface area contributed by atoms with Gasteiger partial charge in [0, 0.05) is 14.0 Å². The Kier molecular flexibility index (Phi) is 4.15. The molecule has 0 radical (unpaired) electrons. The van der Waals surface area contributed by atoms with Crippen molar-refractivity contribution in [1.29, 1.82) is 0 Å². The summed E-state index contributed by atoms with van der Waals surface area (Å²) in [6.45, 7) is 1.84. The number of benzene rings is 1. The molecule has 0 fully saturated rings. The SMILES string of the molecule is CC(=O)N(C)Cc1cn(-c2c(Cl)ccc(N)c2Cl)nn1. The molecule has 2 N–H and O–H groups in total. The van der Waals surface area contributed by atoms with E-state index in [-0.39, 0.29) is 5.91 Å². The normalized spacial score (nSPS) is 10.6. The first-order chi connectivity index (χ1) is 9.40. The van der Waals surface area contributed by atoms with Crippen LogP contribution >= 0.6 is 23.2 Å². The van der Waals surface area contributed by atoms with Crippen LogP contribution in [0.15, 0.2) is 18.3 Å². The molecule has 0 aliphatic heterocycles. The zero-order chi connectivity index (χ0) is 14.9. The maximum absolute atomic E-state index is 11.2. The Morgan fingerprint density at radius 1 is 1.45 bits per heavy atom. The summed E-state index contributed by atoms with van der Waals surface area (Å²) in [5.74, 6) is -0.0560. The number of hydrogen-bond donors (Lipinski definition) is 1. The number of anilines is 1. The molecule has 0 spiro atoms. The van der Waals surface area contributed by atoms with Crippen LogP contribution in [0.25, 0.3) is 5.69 Å². The van der Waals surface area contributed by atoms with Crippen LogP contribution < -0.4 is 5.73 Å². The van der Waals surface area contributed by atoms with Gasteiger partial charge in [-0.1, -0.05) is 28.4 Å². The highest BCUT2D eigenvalue weighted by atomic mass is 35.5. The Balaban J connectivity index is 2.34. The van der Waals surface area contributed by atoms with Gasteiger partial charge < -0.3 is 10.6 Å². The average molecular weight is 314 g/mol. The Morgan fingerprint density at radius 2 is 2.15 bits per heavy atom. The van der Waals surface area contributed by atoms with Gasteiger partial charge >= 0.3 is 0 Å². The fourth-order valence-electron chi connectivity index (χ4n) is 1.60. The van der Waals surface area contributed by atoms with Crippen molar-refractivity contribution in [2.24, 2.45) is 0 Å². The molecule has 0 bridgehead atoms. The monoisotopic (exact) mass is 313 g/mol. The van der Waals surface area contributed by atoms with E-state index in [0.717, 1.165) is 0 Å². The van der Waals surface area contributed by atoms with E-state index in [0.29, 0.717) is 33.7 Å². The third-order valence-corrected chi connectivity index (χ3v) is 3.51. The smallest absolute Gasteiger partial charge is 0.219 e. The van der Waals surface area contributed by atoms with Crippen molar-refractivity contribution in [2.75, 3.05) is 12.8 Å². The molecule has 1 amide bonds. The van der Waals surface area contributed by atoms with Gasteiger partial charge in [0.2, 0.25) is 5.91 Å². The molecule has 1 aromatic heterocycles. The van der Waals surface area contributed by atoms with Crippen LogP contribution in [0.2, 0.25) is 10.0 Å². The molecule has 0 saturated heterocycles. The highest BCUT2D eigenvalue weighted by Crippen LogP contribution is 2.32. The maximum atomic E-state index is 11.2. The number of halogens is 2. The first kappa shape index (κ1) is 14.6. The number of carbonyl (C=O) groups excluding carboxylic acids is 1. The lowest BCUT2D eigenvalue weighted by atomic mass is 10.3. The van der Waals surface area contributed by atoms with E-state index in [2.05, 4.69) is 10.3 Å². The summed E-state index contributed by atoms with van der Waals surface area (Å²) >= 11 is 12.2. The number of nitrogen functional groups attached to an aromatic ring is 1. The quantitative estimate of drug-likeness (QED) is 0.881. The number of nitrogens with zero attached hydrogens (tertiary/aromatic N) is 4. The molecule has 106 valence electrons. The number of amides is 1. The third-order valence-electron chi connectivity index (χ3n) is 2.80. The number of rotatable bonds is 3. The van der Waals surface area contributed by atoms with Gasteiger partial charge in [-0.3, -0.25) is 4.79 Å². The van der Waals surface area contributed by atoms with Crippen molar-refractivity contribution in [1.82, 2.24) is 19.9 Å². The lowest BCUT2D eigenvalue weighted by Crippen LogP contribution is -2.23. The van der Waals surface area contributed by atoms with E-state index >= 15 is 0 Å². The average Bonchev–Trinajstić information content (AvgIpc) is 2.82. The molecule has 0 aliphatic rings. The first-order valence-corrected chi connectivity index (χ1v) is 6.52. The second-order valence-corrected chi connectivity index (χ2v) is 5.11. The molecule has 2 aromatic rings. The number of carbonyl (C=O) groups is 1. The molecular formula is C12H13Cl2N5O. The van der Waals surface area contributed by atoms with E-state index in [4.69, 9.17) is 28.9 Å². The summed E-state index contributed by atoms with van der Waals surface area (Å²) in [6.07, 6.45) is 1.66. The van der Waals surface area contributed by atoms with Gasteiger partial charge in [0.1, 0.15) is 11.4 Å². The minimum Gasteiger partial charge on any atom is -0.397 e. The van der Waals surface area contributed by atoms with Gasteiger partial charge in [-0.05, 0) is 12.1 Å². The summed E-state index contributed by atoms with van der Waals surface area (Å²) in [6, 6.07) is 3.26. The predicted octanol–water partition coefficient (Wildman–Crippen LogP) is 2.13. The molecule has 8 heteroatoms. The van der Waals surface area contributed by atoms with E-state index in [1.54, 1.807) is 25.4 Å². The highest BCUT2D eigenvalue weighted by Gasteiger charge is 2.14. The van der Waals surface area contributed by atoms with Crippen LogP contribution in [0, 0.1) is 0 Å². The van der Waals surface area contributed by atoms with Crippen LogP contribution in [0.3, 0.4) is 0 Å². The molecule has 20 heavy (non-hydrogen) atoms. The zero-order valence-electron chi connectivity index (χ0n) is 11.0. The molecule has 0 unspecified atom stereocenters. The van der Waals surface area contributed by atoms with Crippen LogP contribution in [-0.2, 0) is 11.3 Å². The fourth-order valence-corrected chi connectivity index (χ4v) is 2.14. The van der Waals surface area contributed by atoms with Crippen molar-refractivity contribution in [3.8, 4) is 5.69 Å². The summed E-state index contributed by atoms with van der Waals surface area (Å²) < 4.78 is 1.45. The summed E-state index contributed by atoms with van der Waals surface area (Å²) in [5.41, 5.74) is 7.25. The van der Waals surface area contributed by atoms with Crippen molar-refractivity contribution in [3.05, 3.63) is 34.1 Å². The third kappa shape index (κ3) is 2.86. The van der Waals surface area contributed by atoms with Crippen molar-refractivity contribution in [2.45, 2.75) is 13.5 Å². The van der Waals surface area contributed by atoms with Gasteiger partial charge in [-0.2, -0.15) is 0 Å². The fraction of sp³-hybridized carbons (Fsp3) is 0.250. The van der Waals surface area contributed by atoms with Crippen molar-refractivity contribution in [3.63, 3.8) is 0 Å². The van der Waals surface area contributed by atoms with E-state index in [1.807, 2.05) is 0 Å². The second-order valence-electron chi connectivity index (χ2n) is 4.33. The second kappa shape index (κ2) is 5.68. The first-order valence-electron chi connectivity index (χ1n) is 5.77. The maximum Gasteiger partial charge on any atom is 0.219 e. The molecular weight excluding hydrogens is 301 g/mol. The molecule has 1 aromatic carbocycles. The van der Waals surface area contributed by atoms with Crippen molar-refractivity contribution >= 4 is 34.8 Å². The summed E-state index contributed by atoms with van der Waals surface area (Å²) in [5, 5.41) is 8.68. The van der Waals surface area contributed by atoms with Gasteiger partial charge in [0.15, 0.2) is 0 Å². The van der Waals surface area contributed by atoms with E-state index < -0.39 is 0 Å². The molecule has 1 heterocycles. The molecule has 2 rings (SSSR count).